The first-order valence-electron chi connectivity index (χ1n) is 8.22. The van der Waals surface area contributed by atoms with Crippen LogP contribution in [-0.4, -0.2) is 47.4 Å². The van der Waals surface area contributed by atoms with E-state index < -0.39 is 12.0 Å². The molecule has 0 radical (unpaired) electrons. The van der Waals surface area contributed by atoms with Crippen LogP contribution < -0.4 is 5.32 Å². The average molecular weight is 332 g/mol. The smallest absolute Gasteiger partial charge is 0.326 e. The molecule has 6 nitrogen and oxygen atoms in total. The Kier molecular flexibility index (Phi) is 5.95. The molecule has 6 heteroatoms. The van der Waals surface area contributed by atoms with Crippen molar-refractivity contribution in [2.75, 3.05) is 13.6 Å². The Labute approximate surface area is 141 Å². The number of hydrogen-bond donors (Lipinski definition) is 2. The number of hydrogen-bond acceptors (Lipinski definition) is 3. The Morgan fingerprint density at radius 1 is 1.25 bits per heavy atom. The molecule has 2 N–H and O–H groups in total. The first-order chi connectivity index (χ1) is 11.4. The van der Waals surface area contributed by atoms with Crippen molar-refractivity contribution >= 4 is 17.8 Å². The summed E-state index contributed by atoms with van der Waals surface area (Å²) in [6.07, 6.45) is 1.61. The molecule has 0 spiro atoms. The van der Waals surface area contributed by atoms with E-state index in [4.69, 9.17) is 0 Å². The van der Waals surface area contributed by atoms with Crippen LogP contribution in [0.5, 0.6) is 0 Å². The number of aryl methyl sites for hydroxylation is 2. The molecule has 1 fully saturated rings. The van der Waals surface area contributed by atoms with Gasteiger partial charge in [-0.1, -0.05) is 24.3 Å². The van der Waals surface area contributed by atoms with E-state index in [9.17, 15) is 19.5 Å². The summed E-state index contributed by atoms with van der Waals surface area (Å²) in [4.78, 5) is 37.2. The molecule has 2 rings (SSSR count). The Hall–Kier alpha value is -2.37. The van der Waals surface area contributed by atoms with Gasteiger partial charge >= 0.3 is 5.97 Å². The van der Waals surface area contributed by atoms with Gasteiger partial charge < -0.3 is 15.3 Å². The van der Waals surface area contributed by atoms with E-state index in [2.05, 4.69) is 5.32 Å². The molecule has 0 saturated carbocycles. The van der Waals surface area contributed by atoms with Crippen LogP contribution in [0, 0.1) is 12.8 Å². The monoisotopic (exact) mass is 332 g/mol. The molecule has 0 aliphatic carbocycles. The first-order valence-corrected chi connectivity index (χ1v) is 8.22. The second kappa shape index (κ2) is 7.95. The van der Waals surface area contributed by atoms with Gasteiger partial charge in [0.1, 0.15) is 6.04 Å². The predicted molar refractivity (Wildman–Crippen MR) is 89.4 cm³/mol. The highest BCUT2D eigenvalue weighted by Gasteiger charge is 2.37. The molecular formula is C18H24N2O4. The molecule has 0 bridgehead atoms. The summed E-state index contributed by atoms with van der Waals surface area (Å²) >= 11 is 0. The lowest BCUT2D eigenvalue weighted by atomic mass is 9.91. The predicted octanol–water partition coefficient (Wildman–Crippen LogP) is 1.37. The van der Waals surface area contributed by atoms with Crippen LogP contribution in [0.1, 0.15) is 30.4 Å². The summed E-state index contributed by atoms with van der Waals surface area (Å²) < 4.78 is 0. The number of piperidine rings is 1. The Morgan fingerprint density at radius 3 is 2.58 bits per heavy atom. The fourth-order valence-corrected chi connectivity index (χ4v) is 3.20. The number of carbonyl (C=O) groups excluding carboxylic acids is 2. The molecule has 130 valence electrons. The largest absolute Gasteiger partial charge is 0.480 e. The number of aliphatic carboxylic acids is 1. The second-order valence-electron chi connectivity index (χ2n) is 6.22. The van der Waals surface area contributed by atoms with Crippen LogP contribution in [0.15, 0.2) is 24.3 Å². The average Bonchev–Trinajstić information content (AvgIpc) is 2.59. The lowest BCUT2D eigenvalue weighted by Gasteiger charge is -2.36. The van der Waals surface area contributed by atoms with Crippen molar-refractivity contribution in [1.29, 1.82) is 0 Å². The first kappa shape index (κ1) is 18.0. The number of rotatable bonds is 5. The van der Waals surface area contributed by atoms with Gasteiger partial charge in [-0.05, 0) is 37.3 Å². The van der Waals surface area contributed by atoms with Crippen molar-refractivity contribution in [1.82, 2.24) is 10.2 Å². The third-order valence-electron chi connectivity index (χ3n) is 4.67. The number of carbonyl (C=O) groups is 3. The maximum atomic E-state index is 12.6. The topological polar surface area (TPSA) is 86.7 Å². The van der Waals surface area contributed by atoms with Crippen LogP contribution >= 0.6 is 0 Å². The molecular weight excluding hydrogens is 308 g/mol. The van der Waals surface area contributed by atoms with Crippen molar-refractivity contribution in [3.8, 4) is 0 Å². The fourth-order valence-electron chi connectivity index (χ4n) is 3.20. The molecule has 0 aromatic heterocycles. The summed E-state index contributed by atoms with van der Waals surface area (Å²) in [7, 11) is 1.55. The summed E-state index contributed by atoms with van der Waals surface area (Å²) in [6.45, 7) is 2.16. The molecule has 24 heavy (non-hydrogen) atoms. The van der Waals surface area contributed by atoms with Gasteiger partial charge in [0.2, 0.25) is 11.8 Å². The van der Waals surface area contributed by atoms with Gasteiger partial charge in [-0.25, -0.2) is 4.79 Å². The van der Waals surface area contributed by atoms with E-state index in [-0.39, 0.29) is 30.7 Å². The van der Waals surface area contributed by atoms with Gasteiger partial charge in [0.25, 0.3) is 0 Å². The van der Waals surface area contributed by atoms with Gasteiger partial charge in [0.05, 0.1) is 5.92 Å². The number of amides is 2. The quantitative estimate of drug-likeness (QED) is 0.852. The molecule has 1 aliphatic rings. The van der Waals surface area contributed by atoms with E-state index in [1.807, 2.05) is 31.2 Å². The molecule has 1 aromatic rings. The minimum absolute atomic E-state index is 0.143. The van der Waals surface area contributed by atoms with Crippen molar-refractivity contribution in [3.05, 3.63) is 35.4 Å². The fraction of sp³-hybridized carbons (Fsp3) is 0.500. The Balaban J connectivity index is 2.06. The van der Waals surface area contributed by atoms with Gasteiger partial charge in [0, 0.05) is 20.0 Å². The van der Waals surface area contributed by atoms with E-state index in [0.717, 1.165) is 11.1 Å². The Bertz CT molecular complexity index is 629. The highest BCUT2D eigenvalue weighted by molar-refractivity contribution is 5.86. The summed E-state index contributed by atoms with van der Waals surface area (Å²) in [5.41, 5.74) is 2.19. The summed E-state index contributed by atoms with van der Waals surface area (Å²) in [5, 5.41) is 12.0. The number of carboxylic acid groups (broad SMARTS) is 1. The summed E-state index contributed by atoms with van der Waals surface area (Å²) in [5.74, 6) is -1.70. The number of nitrogens with one attached hydrogen (secondary N) is 1. The number of benzene rings is 1. The normalized spacial score (nSPS) is 20.5. The van der Waals surface area contributed by atoms with Crippen molar-refractivity contribution < 1.29 is 19.5 Å². The number of likely N-dealkylation sites (tertiary alicyclic amines) is 1. The molecule has 0 unspecified atom stereocenters. The van der Waals surface area contributed by atoms with E-state index >= 15 is 0 Å². The van der Waals surface area contributed by atoms with Gasteiger partial charge in [-0.15, -0.1) is 0 Å². The minimum Gasteiger partial charge on any atom is -0.480 e. The zero-order valence-electron chi connectivity index (χ0n) is 14.1. The third kappa shape index (κ3) is 4.13. The van der Waals surface area contributed by atoms with Crippen LogP contribution in [-0.2, 0) is 20.8 Å². The standard InChI is InChI=1S/C18H24N2O4/c1-12-5-3-4-6-13(12)8-10-16(21)20-11-14(17(22)19-2)7-9-15(20)18(23)24/h3-6,14-15H,7-11H2,1-2H3,(H,19,22)(H,23,24)/t14-,15-/m0/s1. The van der Waals surface area contributed by atoms with E-state index in [1.54, 1.807) is 7.05 Å². The maximum Gasteiger partial charge on any atom is 0.326 e. The lowest BCUT2D eigenvalue weighted by molar-refractivity contribution is -0.154. The van der Waals surface area contributed by atoms with Crippen molar-refractivity contribution in [2.45, 2.75) is 38.6 Å². The molecule has 1 aliphatic heterocycles. The van der Waals surface area contributed by atoms with Gasteiger partial charge in [0.15, 0.2) is 0 Å². The van der Waals surface area contributed by atoms with Crippen LogP contribution in [0.3, 0.4) is 0 Å². The second-order valence-corrected chi connectivity index (χ2v) is 6.22. The zero-order valence-corrected chi connectivity index (χ0v) is 14.1. The Morgan fingerprint density at radius 2 is 1.96 bits per heavy atom. The van der Waals surface area contributed by atoms with Gasteiger partial charge in [-0.2, -0.15) is 0 Å². The molecule has 2 atom stereocenters. The highest BCUT2D eigenvalue weighted by Crippen LogP contribution is 2.24. The number of nitrogens with zero attached hydrogens (tertiary/aromatic N) is 1. The third-order valence-corrected chi connectivity index (χ3v) is 4.67. The zero-order chi connectivity index (χ0) is 17.7. The van der Waals surface area contributed by atoms with E-state index in [1.165, 1.54) is 4.90 Å². The van der Waals surface area contributed by atoms with Crippen molar-refractivity contribution in [2.24, 2.45) is 5.92 Å². The van der Waals surface area contributed by atoms with Crippen LogP contribution in [0.25, 0.3) is 0 Å². The van der Waals surface area contributed by atoms with Crippen LogP contribution in [0.2, 0.25) is 0 Å². The maximum absolute atomic E-state index is 12.6. The minimum atomic E-state index is -1.01. The molecule has 1 heterocycles. The summed E-state index contributed by atoms with van der Waals surface area (Å²) in [6, 6.07) is 6.99. The molecule has 2 amide bonds. The molecule has 1 saturated heterocycles. The van der Waals surface area contributed by atoms with E-state index in [0.29, 0.717) is 19.3 Å². The lowest BCUT2D eigenvalue weighted by Crippen LogP contribution is -2.53. The number of carboxylic acids is 1. The highest BCUT2D eigenvalue weighted by atomic mass is 16.4. The van der Waals surface area contributed by atoms with Crippen molar-refractivity contribution in [3.63, 3.8) is 0 Å². The SMILES string of the molecule is CNC(=O)[C@H]1CC[C@@H](C(=O)O)N(C(=O)CCc2ccccc2C)C1. The van der Waals surface area contributed by atoms with Gasteiger partial charge in [-0.3, -0.25) is 9.59 Å². The molecule has 1 aromatic carbocycles. The van der Waals surface area contributed by atoms with Crippen LogP contribution in [0.4, 0.5) is 0 Å².